The van der Waals surface area contributed by atoms with Crippen LogP contribution in [0.15, 0.2) is 43.4 Å². The summed E-state index contributed by atoms with van der Waals surface area (Å²) in [5.41, 5.74) is 4.13. The van der Waals surface area contributed by atoms with Gasteiger partial charge in [0.2, 0.25) is 11.8 Å². The number of nitrogens with zero attached hydrogens (tertiary/aromatic N) is 6. The summed E-state index contributed by atoms with van der Waals surface area (Å²) < 4.78 is 25.3. The second-order valence-corrected chi connectivity index (χ2v) is 12.1. The van der Waals surface area contributed by atoms with Gasteiger partial charge in [-0.3, -0.25) is 9.89 Å². The van der Waals surface area contributed by atoms with Crippen molar-refractivity contribution in [1.29, 1.82) is 0 Å². The normalized spacial score (nSPS) is 18.3. The first-order valence-electron chi connectivity index (χ1n) is 14.7. The van der Waals surface area contributed by atoms with E-state index in [1.54, 1.807) is 23.5 Å². The van der Waals surface area contributed by atoms with Crippen molar-refractivity contribution in [3.63, 3.8) is 0 Å². The minimum Gasteiger partial charge on any atom is -0.474 e. The van der Waals surface area contributed by atoms with E-state index in [0.29, 0.717) is 42.0 Å². The molecule has 1 atom stereocenters. The zero-order valence-electron chi connectivity index (χ0n) is 24.2. The molecule has 0 aliphatic carbocycles. The maximum absolute atomic E-state index is 16.9. The number of hydrogen-bond acceptors (Lipinski definition) is 6. The first-order chi connectivity index (χ1) is 20.9. The molecule has 2 aliphatic heterocycles. The predicted octanol–water partition coefficient (Wildman–Crippen LogP) is 6.05. The molecule has 11 heteroatoms. The number of benzene rings is 2. The highest BCUT2D eigenvalue weighted by atomic mass is 35.5. The summed E-state index contributed by atoms with van der Waals surface area (Å²) in [5, 5.41) is 8.79. The van der Waals surface area contributed by atoms with Gasteiger partial charge in [-0.15, -0.1) is 0 Å². The number of aryl methyl sites for hydroxylation is 1. The standard InChI is InChI=1S/C32H33ClFN7O2/c1-4-25(42)40-12-9-19(10-13-40)41-17-35-30-31(41)21-14-23(33)27(26-18(2)7-8-24-22(26)15-36-38-24)28(34)29(21)37-32(30)43-16-20-6-5-11-39(20)3/h4,7-8,14-15,17,19-20H,1,5-6,9-13,16H2,2-3H3,(H,36,38). The lowest BCUT2D eigenvalue weighted by atomic mass is 9.95. The molecule has 43 heavy (non-hydrogen) atoms. The number of piperidine rings is 1. The van der Waals surface area contributed by atoms with Crippen molar-refractivity contribution in [2.75, 3.05) is 33.3 Å². The van der Waals surface area contributed by atoms with E-state index < -0.39 is 5.82 Å². The molecule has 2 aromatic carbocycles. The maximum atomic E-state index is 16.9. The lowest BCUT2D eigenvalue weighted by Gasteiger charge is -2.32. The van der Waals surface area contributed by atoms with Crippen LogP contribution in [0.2, 0.25) is 5.02 Å². The third-order valence-electron chi connectivity index (χ3n) is 9.17. The Labute approximate surface area is 253 Å². The molecular weight excluding hydrogens is 569 g/mol. The monoisotopic (exact) mass is 601 g/mol. The van der Waals surface area contributed by atoms with Gasteiger partial charge in [0.25, 0.3) is 0 Å². The fourth-order valence-electron chi connectivity index (χ4n) is 6.76. The van der Waals surface area contributed by atoms with Crippen LogP contribution in [0.1, 0.15) is 37.3 Å². The van der Waals surface area contributed by atoms with Crippen LogP contribution in [0.4, 0.5) is 4.39 Å². The molecule has 9 nitrogen and oxygen atoms in total. The minimum atomic E-state index is -0.511. The number of carbonyl (C=O) groups excluding carboxylic acids is 1. The molecule has 1 unspecified atom stereocenters. The van der Waals surface area contributed by atoms with Crippen LogP contribution < -0.4 is 4.74 Å². The number of likely N-dealkylation sites (N-methyl/N-ethyl adjacent to an activating group) is 1. The number of ether oxygens (including phenoxy) is 1. The molecule has 2 fully saturated rings. The van der Waals surface area contributed by atoms with E-state index in [2.05, 4.69) is 33.3 Å². The highest BCUT2D eigenvalue weighted by Gasteiger charge is 2.29. The van der Waals surface area contributed by atoms with Gasteiger partial charge in [-0.2, -0.15) is 5.10 Å². The van der Waals surface area contributed by atoms with Crippen molar-refractivity contribution >= 4 is 50.3 Å². The van der Waals surface area contributed by atoms with Gasteiger partial charge in [0.15, 0.2) is 11.3 Å². The van der Waals surface area contributed by atoms with Gasteiger partial charge in [-0.25, -0.2) is 14.4 Å². The molecular formula is C32H33ClFN7O2. The Kier molecular flexibility index (Phi) is 7.05. The second kappa shape index (κ2) is 10.9. The molecule has 2 aliphatic rings. The summed E-state index contributed by atoms with van der Waals surface area (Å²) in [5.74, 6) is -0.269. The number of hydrogen-bond donors (Lipinski definition) is 1. The van der Waals surface area contributed by atoms with Crippen LogP contribution in [-0.4, -0.2) is 79.8 Å². The maximum Gasteiger partial charge on any atom is 0.245 e. The van der Waals surface area contributed by atoms with Crippen molar-refractivity contribution in [3.05, 3.63) is 59.8 Å². The van der Waals surface area contributed by atoms with Crippen LogP contribution in [0.5, 0.6) is 5.88 Å². The zero-order valence-corrected chi connectivity index (χ0v) is 25.0. The number of H-pyrrole nitrogens is 1. The van der Waals surface area contributed by atoms with Gasteiger partial charge in [0.1, 0.15) is 12.1 Å². The zero-order chi connectivity index (χ0) is 29.8. The third-order valence-corrected chi connectivity index (χ3v) is 9.47. The molecule has 7 rings (SSSR count). The summed E-state index contributed by atoms with van der Waals surface area (Å²) in [6.45, 7) is 8.21. The van der Waals surface area contributed by atoms with Crippen molar-refractivity contribution in [2.24, 2.45) is 0 Å². The van der Waals surface area contributed by atoms with E-state index in [9.17, 15) is 4.79 Å². The van der Waals surface area contributed by atoms with E-state index >= 15 is 4.39 Å². The Morgan fingerprint density at radius 1 is 1.19 bits per heavy atom. The molecule has 222 valence electrons. The van der Waals surface area contributed by atoms with Gasteiger partial charge in [-0.05, 0) is 70.0 Å². The van der Waals surface area contributed by atoms with Gasteiger partial charge in [-0.1, -0.05) is 24.2 Å². The molecule has 0 radical (unpaired) electrons. The number of carbonyl (C=O) groups is 1. The largest absolute Gasteiger partial charge is 0.474 e. The first-order valence-corrected chi connectivity index (χ1v) is 15.1. The molecule has 0 spiro atoms. The number of likely N-dealkylation sites (tertiary alicyclic amines) is 2. The molecule has 1 amide bonds. The van der Waals surface area contributed by atoms with Crippen molar-refractivity contribution < 1.29 is 13.9 Å². The number of aromatic nitrogens is 5. The van der Waals surface area contributed by atoms with E-state index in [4.69, 9.17) is 26.3 Å². The number of rotatable bonds is 6. The number of amides is 1. The Bertz CT molecular complexity index is 1890. The van der Waals surface area contributed by atoms with Gasteiger partial charge in [0, 0.05) is 47.1 Å². The van der Waals surface area contributed by atoms with E-state index in [1.165, 1.54) is 6.08 Å². The molecule has 3 aromatic heterocycles. The summed E-state index contributed by atoms with van der Waals surface area (Å²) in [6, 6.07) is 5.97. The average Bonchev–Trinajstić information content (AvgIpc) is 3.77. The van der Waals surface area contributed by atoms with Crippen LogP contribution in [-0.2, 0) is 4.79 Å². The molecule has 0 saturated carbocycles. The highest BCUT2D eigenvalue weighted by molar-refractivity contribution is 6.35. The summed E-state index contributed by atoms with van der Waals surface area (Å²) >= 11 is 6.94. The van der Waals surface area contributed by atoms with Crippen molar-refractivity contribution in [3.8, 4) is 17.0 Å². The Balaban J connectivity index is 1.40. The lowest BCUT2D eigenvalue weighted by molar-refractivity contribution is -0.127. The number of aromatic amines is 1. The van der Waals surface area contributed by atoms with Crippen LogP contribution in [0.3, 0.4) is 0 Å². The number of fused-ring (bicyclic) bond motifs is 4. The predicted molar refractivity (Wildman–Crippen MR) is 166 cm³/mol. The number of halogens is 2. The Morgan fingerprint density at radius 3 is 2.74 bits per heavy atom. The lowest BCUT2D eigenvalue weighted by Crippen LogP contribution is -2.38. The van der Waals surface area contributed by atoms with Crippen LogP contribution in [0.25, 0.3) is 44.0 Å². The smallest absolute Gasteiger partial charge is 0.245 e. The Morgan fingerprint density at radius 2 is 2.00 bits per heavy atom. The van der Waals surface area contributed by atoms with E-state index in [1.807, 2.05) is 19.1 Å². The first kappa shape index (κ1) is 27.8. The summed E-state index contributed by atoms with van der Waals surface area (Å²) in [7, 11) is 2.09. The number of pyridine rings is 1. The topological polar surface area (TPSA) is 92.2 Å². The summed E-state index contributed by atoms with van der Waals surface area (Å²) in [4.78, 5) is 25.8. The van der Waals surface area contributed by atoms with Crippen molar-refractivity contribution in [2.45, 2.75) is 44.7 Å². The Hall–Kier alpha value is -4.02. The molecule has 0 bridgehead atoms. The second-order valence-electron chi connectivity index (χ2n) is 11.6. The van der Waals surface area contributed by atoms with Gasteiger partial charge >= 0.3 is 0 Å². The van der Waals surface area contributed by atoms with E-state index in [-0.39, 0.29) is 34.1 Å². The average molecular weight is 602 g/mol. The molecule has 1 N–H and O–H groups in total. The summed E-state index contributed by atoms with van der Waals surface area (Å²) in [6.07, 6.45) is 8.44. The van der Waals surface area contributed by atoms with Gasteiger partial charge < -0.3 is 19.1 Å². The van der Waals surface area contributed by atoms with E-state index in [0.717, 1.165) is 54.2 Å². The number of imidazole rings is 1. The number of nitrogens with one attached hydrogen (secondary N) is 1. The van der Waals surface area contributed by atoms with Crippen molar-refractivity contribution in [1.82, 2.24) is 34.5 Å². The SMILES string of the molecule is C=CC(=O)N1CCC(n2cnc3c(OCC4CCCN4C)nc4c(F)c(-c5c(C)ccc6[nH]ncc56)c(Cl)cc4c32)CC1. The highest BCUT2D eigenvalue weighted by Crippen LogP contribution is 2.43. The van der Waals surface area contributed by atoms with Crippen LogP contribution in [0, 0.1) is 12.7 Å². The quantitative estimate of drug-likeness (QED) is 0.238. The molecule has 2 saturated heterocycles. The fourth-order valence-corrected chi connectivity index (χ4v) is 7.05. The minimum absolute atomic E-state index is 0.0571. The third kappa shape index (κ3) is 4.64. The molecule has 5 heterocycles. The molecule has 5 aromatic rings. The van der Waals surface area contributed by atoms with Gasteiger partial charge in [0.05, 0.1) is 28.6 Å². The fraction of sp³-hybridized carbons (Fsp3) is 0.375. The van der Waals surface area contributed by atoms with Crippen LogP contribution >= 0.6 is 11.6 Å².